The van der Waals surface area contributed by atoms with E-state index in [1.54, 1.807) is 0 Å². The first-order valence-corrected chi connectivity index (χ1v) is 9.62. The average molecular weight is 351 g/mol. The molecule has 0 saturated heterocycles. The maximum atomic E-state index is 2.28. The Labute approximate surface area is 163 Å². The summed E-state index contributed by atoms with van der Waals surface area (Å²) in [5, 5.41) is 0. The van der Waals surface area contributed by atoms with Crippen molar-refractivity contribution in [1.29, 1.82) is 0 Å². The van der Waals surface area contributed by atoms with Gasteiger partial charge in [0.2, 0.25) is 0 Å². The molecule has 0 saturated carbocycles. The highest BCUT2D eigenvalue weighted by Gasteiger charge is 2.07. The normalized spacial score (nSPS) is 10.0. The maximum Gasteiger partial charge on any atom is -0.0172 e. The van der Waals surface area contributed by atoms with Crippen molar-refractivity contribution < 1.29 is 0 Å². The van der Waals surface area contributed by atoms with Crippen LogP contribution in [0.25, 0.3) is 33.4 Å². The Morgan fingerprint density at radius 2 is 0.704 bits per heavy atom. The van der Waals surface area contributed by atoms with Crippen LogP contribution in [0.5, 0.6) is 0 Å². The van der Waals surface area contributed by atoms with Crippen molar-refractivity contribution in [2.24, 2.45) is 0 Å². The maximum absolute atomic E-state index is 2.28. The van der Waals surface area contributed by atoms with Crippen LogP contribution in [0.3, 0.4) is 0 Å². The van der Waals surface area contributed by atoms with Crippen LogP contribution < -0.4 is 0 Å². The summed E-state index contributed by atoms with van der Waals surface area (Å²) in [5.41, 5.74) is 8.77. The molecule has 4 rings (SSSR count). The Balaban J connectivity index is 0.00000102. The van der Waals surface area contributed by atoms with Gasteiger partial charge in [-0.2, -0.15) is 0 Å². The molecule has 0 heteroatoms. The summed E-state index contributed by atoms with van der Waals surface area (Å²) in [7, 11) is 0. The van der Waals surface area contributed by atoms with Crippen LogP contribution in [0.15, 0.2) is 103 Å². The lowest BCUT2D eigenvalue weighted by atomic mass is 9.93. The first-order chi connectivity index (χ1) is 13.3. The lowest BCUT2D eigenvalue weighted by molar-refractivity contribution is 1.47. The number of hydrogen-bond acceptors (Lipinski definition) is 0. The fourth-order valence-corrected chi connectivity index (χ4v) is 3.13. The number of aryl methyl sites for hydroxylation is 1. The number of hydrogen-bond donors (Lipinski definition) is 0. The lowest BCUT2D eigenvalue weighted by Gasteiger charge is -2.11. The minimum Gasteiger partial charge on any atom is -0.0683 e. The van der Waals surface area contributed by atoms with Crippen molar-refractivity contribution in [3.63, 3.8) is 0 Å². The molecule has 0 atom stereocenters. The highest BCUT2D eigenvalue weighted by atomic mass is 14.1. The van der Waals surface area contributed by atoms with E-state index in [2.05, 4.69) is 110 Å². The van der Waals surface area contributed by atoms with E-state index in [9.17, 15) is 0 Å². The summed E-state index contributed by atoms with van der Waals surface area (Å²) in [4.78, 5) is 0. The van der Waals surface area contributed by atoms with Crippen LogP contribution in [0.2, 0.25) is 0 Å². The van der Waals surface area contributed by atoms with Gasteiger partial charge in [0, 0.05) is 0 Å². The highest BCUT2D eigenvalue weighted by molar-refractivity contribution is 5.81. The molecule has 0 radical (unpaired) electrons. The minimum atomic E-state index is 1.24. The van der Waals surface area contributed by atoms with Gasteiger partial charge in [0.05, 0.1) is 0 Å². The quantitative estimate of drug-likeness (QED) is 0.351. The molecule has 0 aliphatic rings. The Bertz CT molecular complexity index is 908. The van der Waals surface area contributed by atoms with Gasteiger partial charge in [-0.05, 0) is 58.5 Å². The van der Waals surface area contributed by atoms with E-state index >= 15 is 0 Å². The highest BCUT2D eigenvalue weighted by Crippen LogP contribution is 2.32. The summed E-state index contributed by atoms with van der Waals surface area (Å²) < 4.78 is 0. The van der Waals surface area contributed by atoms with Gasteiger partial charge < -0.3 is 0 Å². The Morgan fingerprint density at radius 3 is 1.07 bits per heavy atom. The van der Waals surface area contributed by atoms with E-state index in [1.165, 1.54) is 38.9 Å². The van der Waals surface area contributed by atoms with E-state index in [0.717, 1.165) is 0 Å². The number of benzene rings is 4. The molecule has 0 amide bonds. The van der Waals surface area contributed by atoms with Crippen molar-refractivity contribution in [3.05, 3.63) is 109 Å². The topological polar surface area (TPSA) is 0 Å². The van der Waals surface area contributed by atoms with Crippen molar-refractivity contribution in [2.45, 2.75) is 20.8 Å². The Kier molecular flexibility index (Phi) is 6.22. The van der Waals surface area contributed by atoms with Crippen molar-refractivity contribution in [2.75, 3.05) is 0 Å². The second-order valence-corrected chi connectivity index (χ2v) is 6.40. The van der Waals surface area contributed by atoms with Gasteiger partial charge in [-0.15, -0.1) is 0 Å². The number of rotatable bonds is 3. The molecule has 0 nitrogen and oxygen atoms in total. The molecular weight excluding hydrogens is 324 g/mol. The van der Waals surface area contributed by atoms with Crippen molar-refractivity contribution in [1.82, 2.24) is 0 Å². The van der Waals surface area contributed by atoms with Crippen LogP contribution >= 0.6 is 0 Å². The smallest absolute Gasteiger partial charge is 0.0172 e. The van der Waals surface area contributed by atoms with Crippen LogP contribution in [0.4, 0.5) is 0 Å². The van der Waals surface area contributed by atoms with Gasteiger partial charge in [-0.3, -0.25) is 0 Å². The fraction of sp³-hybridized carbons (Fsp3) is 0.111. The molecule has 0 heterocycles. The SMILES string of the molecule is CC.Cc1ccc(-c2cc(-c3ccccc3)cc(-c3ccccc3)c2)cc1. The lowest BCUT2D eigenvalue weighted by Crippen LogP contribution is -1.86. The van der Waals surface area contributed by atoms with E-state index in [-0.39, 0.29) is 0 Å². The second kappa shape index (κ2) is 9.00. The largest absolute Gasteiger partial charge is 0.0683 e. The van der Waals surface area contributed by atoms with Gasteiger partial charge >= 0.3 is 0 Å². The molecule has 0 aliphatic heterocycles. The average Bonchev–Trinajstić information content (AvgIpc) is 2.76. The Morgan fingerprint density at radius 1 is 0.370 bits per heavy atom. The first kappa shape index (κ1) is 18.7. The molecule has 4 aromatic carbocycles. The van der Waals surface area contributed by atoms with Crippen LogP contribution in [-0.4, -0.2) is 0 Å². The summed E-state index contributed by atoms with van der Waals surface area (Å²) in [5.74, 6) is 0. The van der Waals surface area contributed by atoms with E-state index in [1.807, 2.05) is 13.8 Å². The third-order valence-electron chi connectivity index (χ3n) is 4.53. The standard InChI is InChI=1S/C25H20.C2H6/c1-19-12-14-22(15-13-19)25-17-23(20-8-4-2-5-9-20)16-24(18-25)21-10-6-3-7-11-21;1-2/h2-18H,1H3;1-2H3. The molecule has 0 fully saturated rings. The molecule has 0 aromatic heterocycles. The van der Waals surface area contributed by atoms with Crippen LogP contribution in [-0.2, 0) is 0 Å². The monoisotopic (exact) mass is 350 g/mol. The van der Waals surface area contributed by atoms with Gasteiger partial charge in [-0.1, -0.05) is 104 Å². The molecule has 4 aromatic rings. The summed E-state index contributed by atoms with van der Waals surface area (Å²) in [6.07, 6.45) is 0. The fourth-order valence-electron chi connectivity index (χ4n) is 3.13. The third kappa shape index (κ3) is 4.54. The third-order valence-corrected chi connectivity index (χ3v) is 4.53. The summed E-state index contributed by atoms with van der Waals surface area (Å²) in [6, 6.07) is 36.8. The van der Waals surface area contributed by atoms with Crippen molar-refractivity contribution in [3.8, 4) is 33.4 Å². The summed E-state index contributed by atoms with van der Waals surface area (Å²) in [6.45, 7) is 6.12. The van der Waals surface area contributed by atoms with Crippen molar-refractivity contribution >= 4 is 0 Å². The molecule has 27 heavy (non-hydrogen) atoms. The molecule has 0 spiro atoms. The molecular formula is C27H26. The van der Waals surface area contributed by atoms with Crippen LogP contribution in [0.1, 0.15) is 19.4 Å². The first-order valence-electron chi connectivity index (χ1n) is 9.62. The van der Waals surface area contributed by atoms with Gasteiger partial charge in [0.25, 0.3) is 0 Å². The Hall–Kier alpha value is -3.12. The van der Waals surface area contributed by atoms with Crippen LogP contribution in [0, 0.1) is 6.92 Å². The molecule has 134 valence electrons. The minimum absolute atomic E-state index is 1.24. The zero-order valence-corrected chi connectivity index (χ0v) is 16.3. The zero-order chi connectivity index (χ0) is 19.1. The molecule has 0 bridgehead atoms. The molecule has 0 unspecified atom stereocenters. The predicted molar refractivity (Wildman–Crippen MR) is 119 cm³/mol. The summed E-state index contributed by atoms with van der Waals surface area (Å²) >= 11 is 0. The van der Waals surface area contributed by atoms with E-state index in [0.29, 0.717) is 0 Å². The van der Waals surface area contributed by atoms with Gasteiger partial charge in [0.1, 0.15) is 0 Å². The van der Waals surface area contributed by atoms with E-state index < -0.39 is 0 Å². The van der Waals surface area contributed by atoms with Gasteiger partial charge in [0.15, 0.2) is 0 Å². The molecule has 0 aliphatic carbocycles. The zero-order valence-electron chi connectivity index (χ0n) is 16.3. The molecule has 0 N–H and O–H groups in total. The second-order valence-electron chi connectivity index (χ2n) is 6.40. The van der Waals surface area contributed by atoms with Gasteiger partial charge in [-0.25, -0.2) is 0 Å². The predicted octanol–water partition coefficient (Wildman–Crippen LogP) is 8.02. The van der Waals surface area contributed by atoms with E-state index in [4.69, 9.17) is 0 Å².